The largest absolute Gasteiger partial charge is 0.465 e. The van der Waals surface area contributed by atoms with Gasteiger partial charge in [-0.1, -0.05) is 6.07 Å². The lowest BCUT2D eigenvalue weighted by Gasteiger charge is -2.35. The standard InChI is InChI=1S/C25H27NO5S/c1-14-7-8-20(31-14)24-22(25(28)30-13-17-5-3-9-29-17)15(2)26-18-11-16(12-19(27)23(18)24)21-6-4-10-32-21/h4,6-8,10,16-17,24,26H,3,5,9,11-13H2,1-2H3/t16-,17-,24+/m0/s1. The summed E-state index contributed by atoms with van der Waals surface area (Å²) < 4.78 is 17.2. The molecule has 1 fully saturated rings. The van der Waals surface area contributed by atoms with E-state index in [1.807, 2.05) is 37.4 Å². The van der Waals surface area contributed by atoms with E-state index in [4.69, 9.17) is 13.9 Å². The summed E-state index contributed by atoms with van der Waals surface area (Å²) in [7, 11) is 0. The van der Waals surface area contributed by atoms with Crippen LogP contribution in [0.4, 0.5) is 0 Å². The Balaban J connectivity index is 1.48. The second-order valence-corrected chi connectivity index (χ2v) is 9.69. The van der Waals surface area contributed by atoms with Crippen LogP contribution in [-0.4, -0.2) is 31.1 Å². The maximum absolute atomic E-state index is 13.4. The number of aryl methyl sites for hydroxylation is 1. The highest BCUT2D eigenvalue weighted by Crippen LogP contribution is 2.46. The molecule has 1 saturated heterocycles. The zero-order chi connectivity index (χ0) is 22.2. The highest BCUT2D eigenvalue weighted by molar-refractivity contribution is 7.10. The number of rotatable bonds is 5. The molecular weight excluding hydrogens is 426 g/mol. The number of nitrogens with one attached hydrogen (secondary N) is 1. The third-order valence-corrected chi connectivity index (χ3v) is 7.50. The number of ketones is 1. The smallest absolute Gasteiger partial charge is 0.336 e. The topological polar surface area (TPSA) is 77.8 Å². The highest BCUT2D eigenvalue weighted by atomic mass is 32.1. The first-order valence-corrected chi connectivity index (χ1v) is 12.0. The second-order valence-electron chi connectivity index (χ2n) is 8.71. The summed E-state index contributed by atoms with van der Waals surface area (Å²) in [6.07, 6.45) is 2.97. The molecule has 3 atom stereocenters. The van der Waals surface area contributed by atoms with Gasteiger partial charge in [-0.3, -0.25) is 4.79 Å². The fraction of sp³-hybridized carbons (Fsp3) is 0.440. The Morgan fingerprint density at radius 3 is 2.81 bits per heavy atom. The monoisotopic (exact) mass is 453 g/mol. The van der Waals surface area contributed by atoms with E-state index in [1.54, 1.807) is 11.3 Å². The lowest BCUT2D eigenvalue weighted by atomic mass is 9.74. The molecule has 1 N–H and O–H groups in total. The molecule has 2 aromatic heterocycles. The van der Waals surface area contributed by atoms with Gasteiger partial charge in [0.25, 0.3) is 0 Å². The number of furan rings is 1. The zero-order valence-electron chi connectivity index (χ0n) is 18.3. The van der Waals surface area contributed by atoms with E-state index in [0.29, 0.717) is 35.6 Å². The Bertz CT molecular complexity index is 1090. The molecule has 0 bridgehead atoms. The van der Waals surface area contributed by atoms with Crippen LogP contribution in [0.25, 0.3) is 0 Å². The first kappa shape index (κ1) is 21.2. The molecule has 6 nitrogen and oxygen atoms in total. The molecule has 0 unspecified atom stereocenters. The fourth-order valence-corrected chi connectivity index (χ4v) is 5.78. The van der Waals surface area contributed by atoms with Crippen LogP contribution in [0.3, 0.4) is 0 Å². The van der Waals surface area contributed by atoms with Crippen LogP contribution in [-0.2, 0) is 19.1 Å². The third kappa shape index (κ3) is 3.95. The highest BCUT2D eigenvalue weighted by Gasteiger charge is 2.43. The lowest BCUT2D eigenvalue weighted by Crippen LogP contribution is -2.36. The summed E-state index contributed by atoms with van der Waals surface area (Å²) in [5.74, 6) is 0.549. The van der Waals surface area contributed by atoms with Crippen LogP contribution in [0.2, 0.25) is 0 Å². The van der Waals surface area contributed by atoms with Crippen LogP contribution in [0, 0.1) is 6.92 Å². The molecule has 0 spiro atoms. The van der Waals surface area contributed by atoms with Crippen LogP contribution in [0.15, 0.2) is 56.6 Å². The Morgan fingerprint density at radius 2 is 2.12 bits per heavy atom. The summed E-state index contributed by atoms with van der Waals surface area (Å²) in [5.41, 5.74) is 2.66. The van der Waals surface area contributed by atoms with E-state index in [-0.39, 0.29) is 24.4 Å². The number of thiophene rings is 1. The number of hydrogen-bond acceptors (Lipinski definition) is 7. The molecule has 3 aliphatic rings. The van der Waals surface area contributed by atoms with Gasteiger partial charge in [-0.25, -0.2) is 4.79 Å². The van der Waals surface area contributed by atoms with Crippen LogP contribution >= 0.6 is 11.3 Å². The van der Waals surface area contributed by atoms with Crippen molar-refractivity contribution in [3.63, 3.8) is 0 Å². The van der Waals surface area contributed by atoms with Gasteiger partial charge in [0.2, 0.25) is 0 Å². The van der Waals surface area contributed by atoms with Gasteiger partial charge < -0.3 is 19.2 Å². The molecule has 0 saturated carbocycles. The average molecular weight is 454 g/mol. The molecule has 7 heteroatoms. The summed E-state index contributed by atoms with van der Waals surface area (Å²) in [6.45, 7) is 4.66. The predicted molar refractivity (Wildman–Crippen MR) is 120 cm³/mol. The SMILES string of the molecule is CC1=C(C(=O)OC[C@@H]2CCCO2)[C@@H](c2ccc(C)o2)C2=C(C[C@H](c3cccs3)CC2=O)N1. The number of ether oxygens (including phenoxy) is 2. The van der Waals surface area contributed by atoms with Crippen LogP contribution in [0.1, 0.15) is 60.8 Å². The number of carbonyl (C=O) groups is 2. The third-order valence-electron chi connectivity index (χ3n) is 6.46. The van der Waals surface area contributed by atoms with Gasteiger partial charge in [-0.05, 0) is 56.7 Å². The first-order valence-electron chi connectivity index (χ1n) is 11.1. The number of Topliss-reactive ketones (excluding diaryl/α,β-unsaturated/α-hetero) is 1. The van der Waals surface area contributed by atoms with Crippen molar-refractivity contribution in [3.05, 3.63) is 68.6 Å². The number of esters is 1. The Morgan fingerprint density at radius 1 is 1.25 bits per heavy atom. The molecule has 4 heterocycles. The molecule has 1 aliphatic carbocycles. The van der Waals surface area contributed by atoms with Crippen molar-refractivity contribution in [2.45, 2.75) is 57.5 Å². The minimum absolute atomic E-state index is 0.0492. The molecular formula is C25H27NO5S. The van der Waals surface area contributed by atoms with Crippen molar-refractivity contribution in [2.24, 2.45) is 0 Å². The number of dihydropyridines is 1. The number of carbonyl (C=O) groups excluding carboxylic acids is 2. The van der Waals surface area contributed by atoms with Crippen LogP contribution < -0.4 is 5.32 Å². The minimum Gasteiger partial charge on any atom is -0.465 e. The molecule has 2 aromatic rings. The maximum atomic E-state index is 13.4. The second kappa shape index (κ2) is 8.71. The van der Waals surface area contributed by atoms with Crippen molar-refractivity contribution in [1.82, 2.24) is 5.32 Å². The van der Waals surface area contributed by atoms with Crippen molar-refractivity contribution < 1.29 is 23.5 Å². The summed E-state index contributed by atoms with van der Waals surface area (Å²) in [4.78, 5) is 27.9. The maximum Gasteiger partial charge on any atom is 0.336 e. The summed E-state index contributed by atoms with van der Waals surface area (Å²) in [5, 5.41) is 5.42. The lowest BCUT2D eigenvalue weighted by molar-refractivity contribution is -0.142. The van der Waals surface area contributed by atoms with Gasteiger partial charge in [0.1, 0.15) is 18.1 Å². The predicted octanol–water partition coefficient (Wildman–Crippen LogP) is 4.73. The Hall–Kier alpha value is -2.64. The summed E-state index contributed by atoms with van der Waals surface area (Å²) >= 11 is 1.68. The van der Waals surface area contributed by atoms with Crippen molar-refractivity contribution in [3.8, 4) is 0 Å². The molecule has 32 heavy (non-hydrogen) atoms. The van der Waals surface area contributed by atoms with Gasteiger partial charge in [0.15, 0.2) is 5.78 Å². The van der Waals surface area contributed by atoms with Crippen LogP contribution in [0.5, 0.6) is 0 Å². The van der Waals surface area contributed by atoms with Gasteiger partial charge in [-0.2, -0.15) is 0 Å². The number of hydrogen-bond donors (Lipinski definition) is 1. The average Bonchev–Trinajstić information content (AvgIpc) is 3.53. The van der Waals surface area contributed by atoms with E-state index in [2.05, 4.69) is 11.4 Å². The van der Waals surface area contributed by atoms with Gasteiger partial charge in [0.05, 0.1) is 17.6 Å². The van der Waals surface area contributed by atoms with Crippen molar-refractivity contribution >= 4 is 23.1 Å². The first-order chi connectivity index (χ1) is 15.5. The minimum atomic E-state index is -0.561. The normalized spacial score (nSPS) is 25.7. The number of allylic oxidation sites excluding steroid dienone is 3. The zero-order valence-corrected chi connectivity index (χ0v) is 19.1. The summed E-state index contributed by atoms with van der Waals surface area (Å²) in [6, 6.07) is 7.82. The Kier molecular flexibility index (Phi) is 5.78. The van der Waals surface area contributed by atoms with E-state index in [1.165, 1.54) is 4.88 Å². The molecule has 168 valence electrons. The molecule has 0 amide bonds. The van der Waals surface area contributed by atoms with Crippen molar-refractivity contribution in [1.29, 1.82) is 0 Å². The van der Waals surface area contributed by atoms with Gasteiger partial charge in [-0.15, -0.1) is 11.3 Å². The van der Waals surface area contributed by atoms with E-state index >= 15 is 0 Å². The Labute approximate surface area is 191 Å². The van der Waals surface area contributed by atoms with E-state index < -0.39 is 11.9 Å². The van der Waals surface area contributed by atoms with Gasteiger partial charge in [0, 0.05) is 40.8 Å². The molecule has 0 radical (unpaired) electrons. The van der Waals surface area contributed by atoms with Crippen molar-refractivity contribution in [2.75, 3.05) is 13.2 Å². The fourth-order valence-electron chi connectivity index (χ4n) is 4.95. The molecule has 5 rings (SSSR count). The quantitative estimate of drug-likeness (QED) is 0.660. The van der Waals surface area contributed by atoms with E-state index in [0.717, 1.165) is 30.7 Å². The molecule has 0 aromatic carbocycles. The van der Waals surface area contributed by atoms with Gasteiger partial charge >= 0.3 is 5.97 Å². The molecule has 2 aliphatic heterocycles. The van der Waals surface area contributed by atoms with E-state index in [9.17, 15) is 9.59 Å².